The molecule has 4 heteroatoms. The Kier molecular flexibility index (Phi) is 4.02. The number of carbonyl (C=O) groups excluding carboxylic acids is 1. The van der Waals surface area contributed by atoms with Gasteiger partial charge in [0.05, 0.1) is 13.7 Å². The molecule has 1 heterocycles. The summed E-state index contributed by atoms with van der Waals surface area (Å²) in [4.78, 5) is 12.7. The summed E-state index contributed by atoms with van der Waals surface area (Å²) in [5, 5.41) is 0.599. The fourth-order valence-electron chi connectivity index (χ4n) is 1.46. The van der Waals surface area contributed by atoms with Crippen molar-refractivity contribution in [3.63, 3.8) is 0 Å². The van der Waals surface area contributed by atoms with E-state index in [4.69, 9.17) is 11.6 Å². The van der Waals surface area contributed by atoms with Crippen molar-refractivity contribution in [1.29, 1.82) is 0 Å². The van der Waals surface area contributed by atoms with Crippen molar-refractivity contribution in [2.45, 2.75) is 13.3 Å². The van der Waals surface area contributed by atoms with Crippen LogP contribution in [0.5, 0.6) is 0 Å². The molecular weight excluding hydrogens is 320 g/mol. The minimum absolute atomic E-state index is 0.103. The number of hydrogen-bond donors (Lipinski definition) is 0. The molecule has 0 aliphatic rings. The van der Waals surface area contributed by atoms with Crippen molar-refractivity contribution in [2.75, 3.05) is 0 Å². The molecule has 0 bridgehead atoms. The molecule has 0 spiro atoms. The van der Waals surface area contributed by atoms with Gasteiger partial charge in [0.2, 0.25) is 0 Å². The summed E-state index contributed by atoms with van der Waals surface area (Å²) in [6.45, 7) is 2.03. The van der Waals surface area contributed by atoms with Gasteiger partial charge in [-0.15, -0.1) is 11.3 Å². The second-order valence-corrected chi connectivity index (χ2v) is 6.60. The molecule has 0 amide bonds. The van der Waals surface area contributed by atoms with E-state index < -0.39 is 0 Å². The maximum atomic E-state index is 12.0. The predicted octanol–water partition coefficient (Wildman–Crippen LogP) is 4.90. The fourth-order valence-corrected chi connectivity index (χ4v) is 3.10. The molecule has 1 aromatic carbocycles. The van der Waals surface area contributed by atoms with Gasteiger partial charge < -0.3 is 0 Å². The van der Waals surface area contributed by atoms with Gasteiger partial charge in [-0.1, -0.05) is 41.4 Å². The monoisotopic (exact) mass is 328 g/mol. The quantitative estimate of drug-likeness (QED) is 0.732. The molecule has 17 heavy (non-hydrogen) atoms. The molecule has 0 unspecified atom stereocenters. The van der Waals surface area contributed by atoms with Crippen molar-refractivity contribution < 1.29 is 4.79 Å². The average molecular weight is 330 g/mol. The van der Waals surface area contributed by atoms with E-state index in [0.29, 0.717) is 16.3 Å². The van der Waals surface area contributed by atoms with E-state index in [1.54, 1.807) is 6.07 Å². The Morgan fingerprint density at radius 3 is 2.53 bits per heavy atom. The van der Waals surface area contributed by atoms with Crippen LogP contribution in [0, 0.1) is 6.92 Å². The van der Waals surface area contributed by atoms with Gasteiger partial charge in [0.25, 0.3) is 0 Å². The summed E-state index contributed by atoms with van der Waals surface area (Å²) in [5.41, 5.74) is 2.23. The second-order valence-electron chi connectivity index (χ2n) is 3.82. The SMILES string of the molecule is Cc1ccc(CC(=O)c2cc(Cl)c(Br)s2)cc1. The van der Waals surface area contributed by atoms with E-state index in [1.165, 1.54) is 16.9 Å². The highest BCUT2D eigenvalue weighted by atomic mass is 79.9. The Morgan fingerprint density at radius 1 is 1.35 bits per heavy atom. The van der Waals surface area contributed by atoms with Crippen molar-refractivity contribution in [2.24, 2.45) is 0 Å². The van der Waals surface area contributed by atoms with Crippen molar-refractivity contribution in [1.82, 2.24) is 0 Å². The number of carbonyl (C=O) groups is 1. The molecule has 0 radical (unpaired) electrons. The summed E-state index contributed by atoms with van der Waals surface area (Å²) in [7, 11) is 0. The van der Waals surface area contributed by atoms with Crippen LogP contribution in [0.4, 0.5) is 0 Å². The zero-order valence-electron chi connectivity index (χ0n) is 9.17. The molecule has 0 aliphatic carbocycles. The Bertz CT molecular complexity index is 526. The Hall–Kier alpha value is -0.640. The number of thiophene rings is 1. The molecule has 1 nitrogen and oxygen atoms in total. The molecule has 0 fully saturated rings. The maximum absolute atomic E-state index is 12.0. The van der Waals surface area contributed by atoms with Crippen LogP contribution in [0.25, 0.3) is 0 Å². The van der Waals surface area contributed by atoms with Gasteiger partial charge in [-0.25, -0.2) is 0 Å². The van der Waals surface area contributed by atoms with Crippen molar-refractivity contribution >= 4 is 44.7 Å². The largest absolute Gasteiger partial charge is 0.293 e. The highest BCUT2D eigenvalue weighted by Gasteiger charge is 2.12. The summed E-state index contributed by atoms with van der Waals surface area (Å²) in [6.07, 6.45) is 0.420. The van der Waals surface area contributed by atoms with Crippen molar-refractivity contribution in [3.05, 3.63) is 55.1 Å². The normalized spacial score (nSPS) is 10.5. The summed E-state index contributed by atoms with van der Waals surface area (Å²) in [6, 6.07) is 9.71. The predicted molar refractivity (Wildman–Crippen MR) is 76.2 cm³/mol. The molecule has 0 saturated heterocycles. The smallest absolute Gasteiger partial charge is 0.177 e. The van der Waals surface area contributed by atoms with Gasteiger partial charge in [0.15, 0.2) is 5.78 Å². The zero-order valence-corrected chi connectivity index (χ0v) is 12.3. The minimum Gasteiger partial charge on any atom is -0.293 e. The van der Waals surface area contributed by atoms with Gasteiger partial charge in [0.1, 0.15) is 0 Å². The highest BCUT2D eigenvalue weighted by molar-refractivity contribution is 9.11. The van der Waals surface area contributed by atoms with Gasteiger partial charge in [-0.2, -0.15) is 0 Å². The first-order valence-corrected chi connectivity index (χ1v) is 7.08. The molecule has 88 valence electrons. The lowest BCUT2D eigenvalue weighted by Gasteiger charge is -1.99. The zero-order chi connectivity index (χ0) is 12.4. The molecule has 0 atom stereocenters. The molecule has 0 saturated carbocycles. The van der Waals surface area contributed by atoms with E-state index in [2.05, 4.69) is 15.9 Å². The summed E-state index contributed by atoms with van der Waals surface area (Å²) in [5.74, 6) is 0.103. The number of hydrogen-bond acceptors (Lipinski definition) is 2. The number of rotatable bonds is 3. The molecule has 0 N–H and O–H groups in total. The lowest BCUT2D eigenvalue weighted by molar-refractivity contribution is 0.0997. The highest BCUT2D eigenvalue weighted by Crippen LogP contribution is 2.32. The maximum Gasteiger partial charge on any atom is 0.177 e. The number of ketones is 1. The van der Waals surface area contributed by atoms with Gasteiger partial charge in [0, 0.05) is 6.42 Å². The third kappa shape index (κ3) is 3.18. The third-order valence-electron chi connectivity index (χ3n) is 2.41. The lowest BCUT2D eigenvalue weighted by atomic mass is 10.1. The first-order chi connectivity index (χ1) is 8.06. The third-order valence-corrected chi connectivity index (χ3v) is 4.92. The van der Waals surface area contributed by atoms with E-state index in [1.807, 2.05) is 31.2 Å². The van der Waals surface area contributed by atoms with Crippen LogP contribution < -0.4 is 0 Å². The minimum atomic E-state index is 0.103. The van der Waals surface area contributed by atoms with E-state index in [9.17, 15) is 4.79 Å². The van der Waals surface area contributed by atoms with Crippen LogP contribution in [0.3, 0.4) is 0 Å². The molecule has 1 aromatic heterocycles. The fraction of sp³-hybridized carbons (Fsp3) is 0.154. The number of aryl methyl sites for hydroxylation is 1. The van der Waals surface area contributed by atoms with Gasteiger partial charge >= 0.3 is 0 Å². The van der Waals surface area contributed by atoms with Crippen LogP contribution in [0.15, 0.2) is 34.1 Å². The van der Waals surface area contributed by atoms with Crippen LogP contribution in [0.2, 0.25) is 5.02 Å². The molecule has 2 aromatic rings. The topological polar surface area (TPSA) is 17.1 Å². The Labute approximate surface area is 118 Å². The van der Waals surface area contributed by atoms with Crippen LogP contribution in [-0.4, -0.2) is 5.78 Å². The summed E-state index contributed by atoms with van der Waals surface area (Å²) < 4.78 is 0.812. The molecule has 0 aliphatic heterocycles. The van der Waals surface area contributed by atoms with E-state index in [-0.39, 0.29) is 5.78 Å². The number of Topliss-reactive ketones (excluding diaryl/α,β-unsaturated/α-hetero) is 1. The van der Waals surface area contributed by atoms with Crippen LogP contribution >= 0.6 is 38.9 Å². The van der Waals surface area contributed by atoms with Gasteiger partial charge in [-0.05, 0) is 34.5 Å². The second kappa shape index (κ2) is 5.34. The van der Waals surface area contributed by atoms with E-state index in [0.717, 1.165) is 9.35 Å². The standard InChI is InChI=1S/C13H10BrClOS/c1-8-2-4-9(5-3-8)6-11(16)12-7-10(15)13(14)17-12/h2-5,7H,6H2,1H3. The van der Waals surface area contributed by atoms with Gasteiger partial charge in [-0.3, -0.25) is 4.79 Å². The van der Waals surface area contributed by atoms with Crippen LogP contribution in [-0.2, 0) is 6.42 Å². The Morgan fingerprint density at radius 2 is 2.00 bits per heavy atom. The molecule has 2 rings (SSSR count). The average Bonchev–Trinajstić information content (AvgIpc) is 2.63. The van der Waals surface area contributed by atoms with E-state index >= 15 is 0 Å². The first-order valence-electron chi connectivity index (χ1n) is 5.10. The van der Waals surface area contributed by atoms with Crippen molar-refractivity contribution in [3.8, 4) is 0 Å². The number of benzene rings is 1. The van der Waals surface area contributed by atoms with Crippen LogP contribution in [0.1, 0.15) is 20.8 Å². The Balaban J connectivity index is 2.14. The lowest BCUT2D eigenvalue weighted by Crippen LogP contribution is -2.00. The summed E-state index contributed by atoms with van der Waals surface area (Å²) >= 11 is 10.6. The molecular formula is C13H10BrClOS. The number of halogens is 2. The first kappa shape index (κ1) is 12.8.